The molecular formula is C20H16N2O2S. The van der Waals surface area contributed by atoms with Gasteiger partial charge in [0.05, 0.1) is 16.8 Å². The maximum absolute atomic E-state index is 6.07. The molecule has 4 nitrogen and oxygen atoms in total. The van der Waals surface area contributed by atoms with Gasteiger partial charge in [-0.3, -0.25) is 0 Å². The first-order valence-electron chi connectivity index (χ1n) is 8.34. The summed E-state index contributed by atoms with van der Waals surface area (Å²) in [6.07, 6.45) is 3.93. The van der Waals surface area contributed by atoms with Gasteiger partial charge in [0, 0.05) is 30.5 Å². The number of benzene rings is 2. The summed E-state index contributed by atoms with van der Waals surface area (Å²) in [4.78, 5) is 3.46. The van der Waals surface area contributed by atoms with E-state index in [0.717, 1.165) is 40.7 Å². The second-order valence-corrected chi connectivity index (χ2v) is 6.90. The van der Waals surface area contributed by atoms with Crippen molar-refractivity contribution in [2.24, 2.45) is 4.40 Å². The van der Waals surface area contributed by atoms with Crippen LogP contribution in [-0.4, -0.2) is 12.4 Å². The molecule has 0 amide bonds. The van der Waals surface area contributed by atoms with Crippen LogP contribution < -0.4 is 9.64 Å². The normalized spacial score (nSPS) is 15.5. The first-order valence-corrected chi connectivity index (χ1v) is 9.11. The topological polar surface area (TPSA) is 38.0 Å². The van der Waals surface area contributed by atoms with Gasteiger partial charge in [0.1, 0.15) is 23.1 Å². The van der Waals surface area contributed by atoms with Crippen molar-refractivity contribution in [1.29, 1.82) is 0 Å². The van der Waals surface area contributed by atoms with Crippen LogP contribution in [0.1, 0.15) is 12.8 Å². The van der Waals surface area contributed by atoms with Crippen molar-refractivity contribution in [3.05, 3.63) is 60.9 Å². The van der Waals surface area contributed by atoms with Gasteiger partial charge in [-0.15, -0.1) is 0 Å². The minimum atomic E-state index is 0.792. The summed E-state index contributed by atoms with van der Waals surface area (Å²) < 4.78 is 16.2. The smallest absolute Gasteiger partial charge is 0.133 e. The van der Waals surface area contributed by atoms with E-state index in [9.17, 15) is 0 Å². The van der Waals surface area contributed by atoms with E-state index < -0.39 is 0 Å². The Hall–Kier alpha value is -2.66. The first kappa shape index (κ1) is 14.7. The Kier molecular flexibility index (Phi) is 3.52. The van der Waals surface area contributed by atoms with Crippen LogP contribution in [0.15, 0.2) is 74.6 Å². The molecule has 0 bridgehead atoms. The quantitative estimate of drug-likeness (QED) is 0.564. The zero-order valence-electron chi connectivity index (χ0n) is 13.5. The van der Waals surface area contributed by atoms with Crippen LogP contribution in [0.25, 0.3) is 11.3 Å². The van der Waals surface area contributed by atoms with Crippen LogP contribution in [0.3, 0.4) is 0 Å². The summed E-state index contributed by atoms with van der Waals surface area (Å²) >= 11 is 1.54. The van der Waals surface area contributed by atoms with E-state index in [4.69, 9.17) is 9.15 Å². The lowest BCUT2D eigenvalue weighted by Crippen LogP contribution is -2.26. The molecule has 1 saturated heterocycles. The molecule has 0 saturated carbocycles. The number of furan rings is 1. The second-order valence-electron chi connectivity index (χ2n) is 6.09. The third kappa shape index (κ3) is 2.70. The summed E-state index contributed by atoms with van der Waals surface area (Å²) in [6.45, 7) is 1.05. The molecule has 1 aromatic heterocycles. The number of hydrogen-bond donors (Lipinski definition) is 0. The van der Waals surface area contributed by atoms with Crippen molar-refractivity contribution in [2.75, 3.05) is 11.4 Å². The van der Waals surface area contributed by atoms with E-state index in [-0.39, 0.29) is 0 Å². The summed E-state index contributed by atoms with van der Waals surface area (Å²) in [5.41, 5.74) is 2.24. The minimum Gasteiger partial charge on any atom is -0.464 e. The van der Waals surface area contributed by atoms with Crippen molar-refractivity contribution >= 4 is 23.5 Å². The molecular weight excluding hydrogens is 332 g/mol. The van der Waals surface area contributed by atoms with Crippen molar-refractivity contribution in [2.45, 2.75) is 17.7 Å². The lowest BCUT2D eigenvalue weighted by atomic mass is 10.1. The van der Waals surface area contributed by atoms with Crippen LogP contribution in [0.5, 0.6) is 11.5 Å². The fraction of sp³-hybridized carbons (Fsp3) is 0.150. The maximum Gasteiger partial charge on any atom is 0.133 e. The summed E-state index contributed by atoms with van der Waals surface area (Å²) in [7, 11) is 0. The van der Waals surface area contributed by atoms with Crippen LogP contribution >= 0.6 is 11.9 Å². The molecule has 25 heavy (non-hydrogen) atoms. The van der Waals surface area contributed by atoms with Crippen LogP contribution in [-0.2, 0) is 0 Å². The number of anilines is 1. The Morgan fingerprint density at radius 3 is 2.92 bits per heavy atom. The number of rotatable bonds is 3. The summed E-state index contributed by atoms with van der Waals surface area (Å²) in [5, 5.41) is 0. The lowest BCUT2D eigenvalue weighted by Gasteiger charge is -2.25. The molecule has 0 aliphatic carbocycles. The molecule has 2 aliphatic rings. The van der Waals surface area contributed by atoms with Gasteiger partial charge in [0.15, 0.2) is 0 Å². The van der Waals surface area contributed by atoms with Crippen molar-refractivity contribution in [3.63, 3.8) is 0 Å². The van der Waals surface area contributed by atoms with E-state index in [0.29, 0.717) is 0 Å². The highest BCUT2D eigenvalue weighted by molar-refractivity contribution is 7.98. The molecule has 3 aromatic rings. The van der Waals surface area contributed by atoms with Crippen LogP contribution in [0, 0.1) is 0 Å². The third-order valence-corrected chi connectivity index (χ3v) is 5.27. The molecule has 0 N–H and O–H groups in total. The average Bonchev–Trinajstić information content (AvgIpc) is 3.33. The van der Waals surface area contributed by atoms with Gasteiger partial charge in [0.2, 0.25) is 0 Å². The number of fused-ring (bicyclic) bond motifs is 3. The molecule has 124 valence electrons. The van der Waals surface area contributed by atoms with Gasteiger partial charge in [-0.25, -0.2) is 0 Å². The molecule has 2 aromatic carbocycles. The van der Waals surface area contributed by atoms with Gasteiger partial charge in [0.25, 0.3) is 0 Å². The van der Waals surface area contributed by atoms with Gasteiger partial charge < -0.3 is 14.1 Å². The summed E-state index contributed by atoms with van der Waals surface area (Å²) in [5.74, 6) is 3.64. The van der Waals surface area contributed by atoms with E-state index in [1.807, 2.05) is 42.5 Å². The lowest BCUT2D eigenvalue weighted by molar-refractivity contribution is 0.481. The zero-order valence-corrected chi connectivity index (χ0v) is 14.3. The fourth-order valence-electron chi connectivity index (χ4n) is 3.26. The van der Waals surface area contributed by atoms with Crippen molar-refractivity contribution < 1.29 is 9.15 Å². The predicted molar refractivity (Wildman–Crippen MR) is 101 cm³/mol. The molecule has 0 atom stereocenters. The standard InChI is InChI=1S/C20H16N2O2S/c1-4-14(18-6-3-11-23-18)12-15(5-1)24-16-8-9-17-19(13-16)25-21-20-7-2-10-22(17)20/h1,3-6,8-9,11-13H,2,7,10H2. The maximum atomic E-state index is 6.07. The Labute approximate surface area is 150 Å². The zero-order chi connectivity index (χ0) is 16.6. The Balaban J connectivity index is 1.42. The van der Waals surface area contributed by atoms with Gasteiger partial charge in [-0.1, -0.05) is 12.1 Å². The molecule has 0 spiro atoms. The van der Waals surface area contributed by atoms with Crippen molar-refractivity contribution in [3.8, 4) is 22.8 Å². The predicted octanol–water partition coefficient (Wildman–Crippen LogP) is 5.76. The highest BCUT2D eigenvalue weighted by Crippen LogP contribution is 2.41. The van der Waals surface area contributed by atoms with Crippen molar-refractivity contribution in [1.82, 2.24) is 0 Å². The number of nitrogens with zero attached hydrogens (tertiary/aromatic N) is 2. The van der Waals surface area contributed by atoms with E-state index in [2.05, 4.69) is 21.4 Å². The van der Waals surface area contributed by atoms with E-state index in [1.165, 1.54) is 17.9 Å². The second kappa shape index (κ2) is 6.01. The molecule has 5 rings (SSSR count). The average molecular weight is 348 g/mol. The molecule has 1 fully saturated rings. The Morgan fingerprint density at radius 1 is 1.04 bits per heavy atom. The number of amidine groups is 1. The van der Waals surface area contributed by atoms with Gasteiger partial charge in [-0.05, 0) is 48.9 Å². The van der Waals surface area contributed by atoms with E-state index in [1.54, 1.807) is 18.2 Å². The highest BCUT2D eigenvalue weighted by Gasteiger charge is 2.26. The highest BCUT2D eigenvalue weighted by atomic mass is 32.2. The largest absolute Gasteiger partial charge is 0.464 e. The van der Waals surface area contributed by atoms with Crippen LogP contribution in [0.2, 0.25) is 0 Å². The number of ether oxygens (including phenoxy) is 1. The fourth-order valence-corrected chi connectivity index (χ4v) is 4.10. The first-order chi connectivity index (χ1) is 12.4. The van der Waals surface area contributed by atoms with Gasteiger partial charge >= 0.3 is 0 Å². The monoisotopic (exact) mass is 348 g/mol. The third-order valence-electron chi connectivity index (χ3n) is 4.44. The van der Waals surface area contributed by atoms with Crippen LogP contribution in [0.4, 0.5) is 5.69 Å². The summed E-state index contributed by atoms with van der Waals surface area (Å²) in [6, 6.07) is 18.0. The Morgan fingerprint density at radius 2 is 2.00 bits per heavy atom. The van der Waals surface area contributed by atoms with Gasteiger partial charge in [-0.2, -0.15) is 4.40 Å². The SMILES string of the molecule is c1cc(Oc2ccc3c(c2)SN=C2CCCN23)cc(-c2ccco2)c1. The Bertz CT molecular complexity index is 950. The number of hydrogen-bond acceptors (Lipinski definition) is 5. The minimum absolute atomic E-state index is 0.792. The molecule has 0 radical (unpaired) electrons. The molecule has 3 heterocycles. The molecule has 0 unspecified atom stereocenters. The molecule has 2 aliphatic heterocycles. The van der Waals surface area contributed by atoms with E-state index >= 15 is 0 Å². The molecule has 5 heteroatoms.